The van der Waals surface area contributed by atoms with Crippen molar-refractivity contribution < 1.29 is 9.59 Å². The van der Waals surface area contributed by atoms with E-state index in [1.54, 1.807) is 12.4 Å². The Morgan fingerprint density at radius 2 is 1.90 bits per heavy atom. The number of amides is 2. The molecule has 30 heavy (non-hydrogen) atoms. The zero-order chi connectivity index (χ0) is 21.3. The van der Waals surface area contributed by atoms with E-state index in [2.05, 4.69) is 31.0 Å². The Kier molecular flexibility index (Phi) is 5.48. The molecule has 0 aliphatic carbocycles. The number of nitrogens with zero attached hydrogens (tertiary/aromatic N) is 3. The zero-order valence-corrected chi connectivity index (χ0v) is 17.3. The Balaban J connectivity index is 1.78. The van der Waals surface area contributed by atoms with Gasteiger partial charge in [-0.15, -0.1) is 0 Å². The van der Waals surface area contributed by atoms with Gasteiger partial charge in [0.25, 0.3) is 5.91 Å². The number of rotatable bonds is 4. The van der Waals surface area contributed by atoms with E-state index in [4.69, 9.17) is 10.7 Å². The second-order valence-electron chi connectivity index (χ2n) is 8.20. The Morgan fingerprint density at radius 1 is 1.13 bits per heavy atom. The smallest absolute Gasteiger partial charge is 0.254 e. The van der Waals surface area contributed by atoms with E-state index < -0.39 is 0 Å². The number of fused-ring (bicyclic) bond motifs is 1. The first-order chi connectivity index (χ1) is 14.4. The number of likely N-dealkylation sites (tertiary alicyclic amines) is 1. The minimum absolute atomic E-state index is 0.0311. The highest BCUT2D eigenvalue weighted by atomic mass is 16.2. The van der Waals surface area contributed by atoms with Crippen LogP contribution >= 0.6 is 0 Å². The van der Waals surface area contributed by atoms with Crippen molar-refractivity contribution in [3.63, 3.8) is 0 Å². The van der Waals surface area contributed by atoms with Gasteiger partial charge in [-0.1, -0.05) is 19.9 Å². The minimum atomic E-state index is -0.281. The van der Waals surface area contributed by atoms with Crippen LogP contribution in [-0.2, 0) is 4.79 Å². The molecule has 1 aromatic carbocycles. The van der Waals surface area contributed by atoms with Gasteiger partial charge in [-0.3, -0.25) is 14.6 Å². The highest BCUT2D eigenvalue weighted by Crippen LogP contribution is 2.29. The molecule has 2 aromatic heterocycles. The van der Waals surface area contributed by atoms with Crippen LogP contribution in [0.1, 0.15) is 48.5 Å². The predicted molar refractivity (Wildman–Crippen MR) is 117 cm³/mol. The number of piperidine rings is 1. The van der Waals surface area contributed by atoms with Crippen molar-refractivity contribution in [2.45, 2.75) is 32.6 Å². The van der Waals surface area contributed by atoms with Gasteiger partial charge in [-0.2, -0.15) is 0 Å². The molecule has 0 spiro atoms. The highest BCUT2D eigenvalue weighted by Gasteiger charge is 2.28. The molecule has 0 atom stereocenters. The van der Waals surface area contributed by atoms with Gasteiger partial charge in [0.15, 0.2) is 0 Å². The Bertz CT molecular complexity index is 1090. The van der Waals surface area contributed by atoms with Crippen LogP contribution in [0.4, 0.5) is 0 Å². The van der Waals surface area contributed by atoms with Gasteiger partial charge in [0.2, 0.25) is 5.91 Å². The summed E-state index contributed by atoms with van der Waals surface area (Å²) in [5.74, 6) is -0.114. The normalized spacial score (nSPS) is 15.0. The number of carbonyl (C=O) groups is 2. The van der Waals surface area contributed by atoms with E-state index in [-0.39, 0.29) is 17.7 Å². The lowest BCUT2D eigenvalue weighted by Crippen LogP contribution is -2.41. The van der Waals surface area contributed by atoms with Gasteiger partial charge < -0.3 is 10.6 Å². The van der Waals surface area contributed by atoms with Crippen LogP contribution in [0.25, 0.3) is 22.2 Å². The summed E-state index contributed by atoms with van der Waals surface area (Å²) < 4.78 is 0. The molecule has 1 aliphatic heterocycles. The summed E-state index contributed by atoms with van der Waals surface area (Å²) in [5.41, 5.74) is 9.63. The van der Waals surface area contributed by atoms with Crippen molar-refractivity contribution in [2.75, 3.05) is 13.1 Å². The van der Waals surface area contributed by atoms with Crippen molar-refractivity contribution in [2.24, 2.45) is 11.7 Å². The molecular weight excluding hydrogens is 376 g/mol. The van der Waals surface area contributed by atoms with Crippen molar-refractivity contribution in [3.05, 3.63) is 59.9 Å². The molecule has 1 saturated heterocycles. The number of primary amides is 1. The van der Waals surface area contributed by atoms with Crippen molar-refractivity contribution in [1.82, 2.24) is 14.9 Å². The highest BCUT2D eigenvalue weighted by molar-refractivity contribution is 6.07. The zero-order valence-electron chi connectivity index (χ0n) is 17.3. The number of nitrogens with two attached hydrogens (primary N) is 1. The lowest BCUT2D eigenvalue weighted by Gasteiger charge is -2.31. The lowest BCUT2D eigenvalue weighted by molar-refractivity contribution is -0.123. The van der Waals surface area contributed by atoms with E-state index in [0.29, 0.717) is 37.4 Å². The van der Waals surface area contributed by atoms with Crippen molar-refractivity contribution >= 4 is 22.7 Å². The average Bonchev–Trinajstić information content (AvgIpc) is 2.78. The third kappa shape index (κ3) is 3.90. The largest absolute Gasteiger partial charge is 0.369 e. The van der Waals surface area contributed by atoms with Gasteiger partial charge in [-0.25, -0.2) is 4.98 Å². The molecule has 0 saturated carbocycles. The number of pyridine rings is 2. The number of aromatic nitrogens is 2. The van der Waals surface area contributed by atoms with E-state index in [0.717, 1.165) is 22.2 Å². The molecule has 4 rings (SSSR count). The Hall–Kier alpha value is -3.28. The standard InChI is InChI=1S/C24H26N4O2/c1-15(2)17-5-6-21-19(12-17)20(13-22(27-21)18-4-3-9-26-14-18)24(30)28-10-7-16(8-11-28)23(25)29/h3-6,9,12-16H,7-8,10-11H2,1-2H3,(H2,25,29). The van der Waals surface area contributed by atoms with Crippen LogP contribution in [0, 0.1) is 5.92 Å². The molecule has 2 amide bonds. The van der Waals surface area contributed by atoms with Crippen LogP contribution < -0.4 is 5.73 Å². The Labute approximate surface area is 176 Å². The number of hydrogen-bond donors (Lipinski definition) is 1. The SMILES string of the molecule is CC(C)c1ccc2nc(-c3cccnc3)cc(C(=O)N3CCC(C(N)=O)CC3)c2c1. The van der Waals surface area contributed by atoms with Gasteiger partial charge in [0.1, 0.15) is 0 Å². The van der Waals surface area contributed by atoms with E-state index in [1.165, 1.54) is 5.56 Å². The molecule has 154 valence electrons. The summed E-state index contributed by atoms with van der Waals surface area (Å²) in [6.07, 6.45) is 4.69. The molecule has 6 heteroatoms. The van der Waals surface area contributed by atoms with Crippen LogP contribution in [0.2, 0.25) is 0 Å². The van der Waals surface area contributed by atoms with Gasteiger partial charge in [0.05, 0.1) is 16.8 Å². The molecular formula is C24H26N4O2. The number of carbonyl (C=O) groups excluding carboxylic acids is 2. The van der Waals surface area contributed by atoms with E-state index in [9.17, 15) is 9.59 Å². The fourth-order valence-electron chi connectivity index (χ4n) is 3.98. The fraction of sp³-hybridized carbons (Fsp3) is 0.333. The third-order valence-corrected chi connectivity index (χ3v) is 5.87. The van der Waals surface area contributed by atoms with Crippen molar-refractivity contribution in [1.29, 1.82) is 0 Å². The van der Waals surface area contributed by atoms with E-state index in [1.807, 2.05) is 29.2 Å². The molecule has 3 aromatic rings. The Morgan fingerprint density at radius 3 is 2.53 bits per heavy atom. The lowest BCUT2D eigenvalue weighted by atomic mass is 9.94. The monoisotopic (exact) mass is 402 g/mol. The number of hydrogen-bond acceptors (Lipinski definition) is 4. The summed E-state index contributed by atoms with van der Waals surface area (Å²) >= 11 is 0. The van der Waals surface area contributed by atoms with Crippen LogP contribution in [-0.4, -0.2) is 39.8 Å². The topological polar surface area (TPSA) is 89.2 Å². The van der Waals surface area contributed by atoms with Crippen LogP contribution in [0.3, 0.4) is 0 Å². The minimum Gasteiger partial charge on any atom is -0.369 e. The quantitative estimate of drug-likeness (QED) is 0.720. The van der Waals surface area contributed by atoms with Gasteiger partial charge in [-0.05, 0) is 54.7 Å². The molecule has 0 unspecified atom stereocenters. The maximum atomic E-state index is 13.5. The second-order valence-corrected chi connectivity index (χ2v) is 8.20. The first kappa shape index (κ1) is 20.0. The number of benzene rings is 1. The molecule has 1 aliphatic rings. The maximum absolute atomic E-state index is 13.5. The van der Waals surface area contributed by atoms with Crippen LogP contribution in [0.15, 0.2) is 48.8 Å². The molecule has 3 heterocycles. The van der Waals surface area contributed by atoms with Crippen LogP contribution in [0.5, 0.6) is 0 Å². The van der Waals surface area contributed by atoms with Gasteiger partial charge in [0, 0.05) is 42.4 Å². The predicted octanol–water partition coefficient (Wildman–Crippen LogP) is 3.76. The summed E-state index contributed by atoms with van der Waals surface area (Å²) in [4.78, 5) is 35.8. The summed E-state index contributed by atoms with van der Waals surface area (Å²) in [6, 6.07) is 11.8. The van der Waals surface area contributed by atoms with Crippen molar-refractivity contribution in [3.8, 4) is 11.3 Å². The maximum Gasteiger partial charge on any atom is 0.254 e. The molecule has 2 N–H and O–H groups in total. The summed E-state index contributed by atoms with van der Waals surface area (Å²) in [6.45, 7) is 5.33. The van der Waals surface area contributed by atoms with Gasteiger partial charge >= 0.3 is 0 Å². The summed E-state index contributed by atoms with van der Waals surface area (Å²) in [5, 5.41) is 0.857. The molecule has 6 nitrogen and oxygen atoms in total. The first-order valence-electron chi connectivity index (χ1n) is 10.4. The second kappa shape index (κ2) is 8.22. The van der Waals surface area contributed by atoms with E-state index >= 15 is 0 Å². The molecule has 0 radical (unpaired) electrons. The molecule has 1 fully saturated rings. The first-order valence-corrected chi connectivity index (χ1v) is 10.4. The third-order valence-electron chi connectivity index (χ3n) is 5.87. The average molecular weight is 402 g/mol. The molecule has 0 bridgehead atoms. The fourth-order valence-corrected chi connectivity index (χ4v) is 3.98. The summed E-state index contributed by atoms with van der Waals surface area (Å²) in [7, 11) is 0.